The molecule has 0 radical (unpaired) electrons. The van der Waals surface area contributed by atoms with Gasteiger partial charge in [0.1, 0.15) is 12.0 Å². The normalized spacial score (nSPS) is 11.9. The van der Waals surface area contributed by atoms with Gasteiger partial charge in [-0.3, -0.25) is 15.1 Å². The second-order valence-corrected chi connectivity index (χ2v) is 4.66. The van der Waals surface area contributed by atoms with Gasteiger partial charge < -0.3 is 4.90 Å². The van der Waals surface area contributed by atoms with E-state index in [2.05, 4.69) is 9.97 Å². The van der Waals surface area contributed by atoms with Crippen LogP contribution in [0.2, 0.25) is 0 Å². The first kappa shape index (κ1) is 13.9. The Hall–Kier alpha value is -2.50. The van der Waals surface area contributed by atoms with Crippen LogP contribution in [0, 0.1) is 17.0 Å². The number of pyridine rings is 2. The molecule has 2 rings (SSSR count). The zero-order chi connectivity index (χ0) is 14.7. The molecular weight excluding hydrogens is 256 g/mol. The number of nitrogens with zero attached hydrogens (tertiary/aromatic N) is 4. The Bertz CT molecular complexity index is 616. The maximum Gasteiger partial charge on any atom is 0.290 e. The zero-order valence-corrected chi connectivity index (χ0v) is 11.6. The summed E-state index contributed by atoms with van der Waals surface area (Å²) < 4.78 is 0. The van der Waals surface area contributed by atoms with Gasteiger partial charge in [0.2, 0.25) is 0 Å². The molecule has 20 heavy (non-hydrogen) atoms. The predicted octanol–water partition coefficient (Wildman–Crippen LogP) is 2.89. The van der Waals surface area contributed by atoms with E-state index in [1.54, 1.807) is 25.4 Å². The van der Waals surface area contributed by atoms with Crippen LogP contribution in [-0.2, 0) is 0 Å². The second kappa shape index (κ2) is 5.64. The lowest BCUT2D eigenvalue weighted by Gasteiger charge is -2.26. The van der Waals surface area contributed by atoms with Crippen molar-refractivity contribution in [2.24, 2.45) is 0 Å². The van der Waals surface area contributed by atoms with E-state index in [-0.39, 0.29) is 11.7 Å². The highest BCUT2D eigenvalue weighted by Gasteiger charge is 2.17. The Balaban J connectivity index is 2.27. The third-order valence-corrected chi connectivity index (χ3v) is 3.37. The van der Waals surface area contributed by atoms with Crippen molar-refractivity contribution in [3.63, 3.8) is 0 Å². The van der Waals surface area contributed by atoms with Crippen molar-refractivity contribution in [2.45, 2.75) is 19.9 Å². The third kappa shape index (κ3) is 2.74. The van der Waals surface area contributed by atoms with Crippen LogP contribution in [0.3, 0.4) is 0 Å². The minimum Gasteiger partial charge on any atom is -0.353 e. The van der Waals surface area contributed by atoms with Crippen LogP contribution in [0.5, 0.6) is 0 Å². The smallest absolute Gasteiger partial charge is 0.290 e. The molecule has 2 aromatic rings. The minimum absolute atomic E-state index is 0.0381. The number of aryl methyl sites for hydroxylation is 1. The lowest BCUT2D eigenvalue weighted by Crippen LogP contribution is -2.22. The van der Waals surface area contributed by atoms with Gasteiger partial charge in [0, 0.05) is 25.0 Å². The fourth-order valence-electron chi connectivity index (χ4n) is 1.96. The third-order valence-electron chi connectivity index (χ3n) is 3.37. The summed E-state index contributed by atoms with van der Waals surface area (Å²) in [5.74, 6) is 0.699. The van der Waals surface area contributed by atoms with Gasteiger partial charge in [0.05, 0.1) is 11.0 Å². The molecule has 0 saturated heterocycles. The largest absolute Gasteiger partial charge is 0.353 e. The molecule has 0 amide bonds. The molecule has 0 saturated carbocycles. The highest BCUT2D eigenvalue weighted by atomic mass is 16.6. The first-order valence-corrected chi connectivity index (χ1v) is 6.24. The van der Waals surface area contributed by atoms with Gasteiger partial charge in [-0.2, -0.15) is 0 Å². The van der Waals surface area contributed by atoms with Crippen LogP contribution in [0.4, 0.5) is 11.5 Å². The van der Waals surface area contributed by atoms with E-state index in [1.165, 1.54) is 6.20 Å². The van der Waals surface area contributed by atoms with Gasteiger partial charge >= 0.3 is 0 Å². The lowest BCUT2D eigenvalue weighted by atomic mass is 10.1. The van der Waals surface area contributed by atoms with Crippen LogP contribution >= 0.6 is 0 Å². The number of rotatable bonds is 4. The van der Waals surface area contributed by atoms with E-state index < -0.39 is 4.92 Å². The lowest BCUT2D eigenvalue weighted by molar-refractivity contribution is -0.385. The summed E-state index contributed by atoms with van der Waals surface area (Å²) in [5, 5.41) is 10.8. The maximum atomic E-state index is 10.8. The van der Waals surface area contributed by atoms with Gasteiger partial charge in [-0.15, -0.1) is 0 Å². The molecule has 1 unspecified atom stereocenters. The van der Waals surface area contributed by atoms with Crippen LogP contribution in [0.1, 0.15) is 24.1 Å². The standard InChI is InChI=1S/C14H16N4O2/c1-10-7-14(16-9-13(10)18(19)20)17(3)11(2)12-5-4-6-15-8-12/h4-9,11H,1-3H3. The quantitative estimate of drug-likeness (QED) is 0.632. The molecule has 0 aliphatic carbocycles. The molecule has 0 fully saturated rings. The van der Waals surface area contributed by atoms with E-state index in [0.717, 1.165) is 5.56 Å². The number of hydrogen-bond donors (Lipinski definition) is 0. The van der Waals surface area contributed by atoms with E-state index in [0.29, 0.717) is 11.4 Å². The Morgan fingerprint density at radius 3 is 2.70 bits per heavy atom. The first-order valence-electron chi connectivity index (χ1n) is 6.24. The molecular formula is C14H16N4O2. The summed E-state index contributed by atoms with van der Waals surface area (Å²) in [5.41, 5.74) is 1.70. The number of nitro groups is 1. The minimum atomic E-state index is -0.420. The molecule has 2 aromatic heterocycles. The van der Waals surface area contributed by atoms with Gasteiger partial charge in [0.25, 0.3) is 5.69 Å². The van der Waals surface area contributed by atoms with Crippen molar-refractivity contribution in [1.29, 1.82) is 0 Å². The molecule has 0 spiro atoms. The Morgan fingerprint density at radius 2 is 2.15 bits per heavy atom. The molecule has 6 nitrogen and oxygen atoms in total. The average molecular weight is 272 g/mol. The summed E-state index contributed by atoms with van der Waals surface area (Å²) >= 11 is 0. The van der Waals surface area contributed by atoms with Gasteiger partial charge in [-0.05, 0) is 31.5 Å². The van der Waals surface area contributed by atoms with Crippen molar-refractivity contribution >= 4 is 11.5 Å². The molecule has 2 heterocycles. The van der Waals surface area contributed by atoms with Crippen LogP contribution in [0.25, 0.3) is 0 Å². The fourth-order valence-corrected chi connectivity index (χ4v) is 1.96. The van der Waals surface area contributed by atoms with Gasteiger partial charge in [-0.1, -0.05) is 6.07 Å². The summed E-state index contributed by atoms with van der Waals surface area (Å²) in [6.07, 6.45) is 4.83. The van der Waals surface area contributed by atoms with Crippen molar-refractivity contribution in [3.8, 4) is 0 Å². The first-order chi connectivity index (χ1) is 9.50. The van der Waals surface area contributed by atoms with Crippen molar-refractivity contribution < 1.29 is 4.92 Å². The van der Waals surface area contributed by atoms with E-state index in [4.69, 9.17) is 0 Å². The van der Waals surface area contributed by atoms with Crippen molar-refractivity contribution in [1.82, 2.24) is 9.97 Å². The molecule has 0 bridgehead atoms. The molecule has 0 aromatic carbocycles. The number of hydrogen-bond acceptors (Lipinski definition) is 5. The summed E-state index contributed by atoms with van der Waals surface area (Å²) in [6.45, 7) is 3.75. The van der Waals surface area contributed by atoms with E-state index in [9.17, 15) is 10.1 Å². The fraction of sp³-hybridized carbons (Fsp3) is 0.286. The highest BCUT2D eigenvalue weighted by Crippen LogP contribution is 2.26. The number of anilines is 1. The topological polar surface area (TPSA) is 72.2 Å². The van der Waals surface area contributed by atoms with Crippen molar-refractivity contribution in [3.05, 3.63) is 58.0 Å². The van der Waals surface area contributed by atoms with Crippen molar-refractivity contribution in [2.75, 3.05) is 11.9 Å². The molecule has 6 heteroatoms. The Labute approximate surface area is 117 Å². The zero-order valence-electron chi connectivity index (χ0n) is 11.6. The average Bonchev–Trinajstić information content (AvgIpc) is 2.46. The monoisotopic (exact) mass is 272 g/mol. The maximum absolute atomic E-state index is 10.8. The highest BCUT2D eigenvalue weighted by molar-refractivity contribution is 5.49. The summed E-state index contributed by atoms with van der Waals surface area (Å²) in [6, 6.07) is 5.68. The van der Waals surface area contributed by atoms with Crippen LogP contribution < -0.4 is 4.90 Å². The summed E-state index contributed by atoms with van der Waals surface area (Å²) in [7, 11) is 1.91. The summed E-state index contributed by atoms with van der Waals surface area (Å²) in [4.78, 5) is 20.6. The van der Waals surface area contributed by atoms with E-state index >= 15 is 0 Å². The number of aromatic nitrogens is 2. The SMILES string of the molecule is Cc1cc(N(C)C(C)c2cccnc2)ncc1[N+](=O)[O-]. The molecule has 104 valence electrons. The van der Waals surface area contributed by atoms with Crippen LogP contribution in [0.15, 0.2) is 36.8 Å². The Morgan fingerprint density at radius 1 is 1.40 bits per heavy atom. The second-order valence-electron chi connectivity index (χ2n) is 4.66. The van der Waals surface area contributed by atoms with Gasteiger partial charge in [-0.25, -0.2) is 4.98 Å². The van der Waals surface area contributed by atoms with Crippen LogP contribution in [-0.4, -0.2) is 21.9 Å². The molecule has 0 N–H and O–H groups in total. The van der Waals surface area contributed by atoms with Gasteiger partial charge in [0.15, 0.2) is 0 Å². The molecule has 1 atom stereocenters. The molecule has 0 aliphatic heterocycles. The molecule has 0 aliphatic rings. The Kier molecular flexibility index (Phi) is 3.93. The van der Waals surface area contributed by atoms with E-state index in [1.807, 2.05) is 31.0 Å². The predicted molar refractivity (Wildman–Crippen MR) is 76.7 cm³/mol.